The number of aromatic nitrogens is 1. The number of nitro benzene ring substituents is 1. The number of thiazole rings is 1. The van der Waals surface area contributed by atoms with Crippen LogP contribution in [0.1, 0.15) is 11.3 Å². The largest absolute Gasteiger partial charge is 0.493 e. The van der Waals surface area contributed by atoms with E-state index in [4.69, 9.17) is 14.6 Å². The average Bonchev–Trinajstić information content (AvgIpc) is 2.97. The van der Waals surface area contributed by atoms with Crippen LogP contribution in [0.4, 0.5) is 5.69 Å². The number of rotatable bonds is 6. The third-order valence-electron chi connectivity index (χ3n) is 2.59. The lowest BCUT2D eigenvalue weighted by atomic mass is 10.1. The SMILES string of the molecule is COc1cc(CO)c([N+](=O)[O-])cc1OCc1cscn1. The number of methoxy groups -OCH3 is 1. The fourth-order valence-electron chi connectivity index (χ4n) is 1.62. The van der Waals surface area contributed by atoms with E-state index in [0.717, 1.165) is 5.69 Å². The number of aliphatic hydroxyl groups excluding tert-OH is 1. The minimum atomic E-state index is -0.569. The van der Waals surface area contributed by atoms with Gasteiger partial charge in [0.1, 0.15) is 6.61 Å². The smallest absolute Gasteiger partial charge is 0.278 e. The average molecular weight is 296 g/mol. The first kappa shape index (κ1) is 14.2. The lowest BCUT2D eigenvalue weighted by molar-refractivity contribution is -0.386. The molecule has 1 aromatic carbocycles. The number of hydrogen-bond donors (Lipinski definition) is 1. The van der Waals surface area contributed by atoms with Gasteiger partial charge >= 0.3 is 0 Å². The van der Waals surface area contributed by atoms with Gasteiger partial charge in [-0.3, -0.25) is 10.1 Å². The third kappa shape index (κ3) is 3.03. The summed E-state index contributed by atoms with van der Waals surface area (Å²) in [5, 5.41) is 21.9. The summed E-state index contributed by atoms with van der Waals surface area (Å²) >= 11 is 1.44. The fourth-order valence-corrected chi connectivity index (χ4v) is 2.16. The molecule has 0 saturated heterocycles. The fraction of sp³-hybridized carbons (Fsp3) is 0.250. The molecule has 0 fully saturated rings. The molecule has 1 heterocycles. The van der Waals surface area contributed by atoms with Gasteiger partial charge in [0.15, 0.2) is 11.5 Å². The molecule has 106 valence electrons. The molecule has 0 aliphatic carbocycles. The van der Waals surface area contributed by atoms with Gasteiger partial charge in [0.2, 0.25) is 0 Å². The highest BCUT2D eigenvalue weighted by atomic mass is 32.1. The van der Waals surface area contributed by atoms with Crippen LogP contribution in [0.3, 0.4) is 0 Å². The molecule has 2 aromatic rings. The van der Waals surface area contributed by atoms with Crippen LogP contribution in [0.5, 0.6) is 11.5 Å². The van der Waals surface area contributed by atoms with Crippen molar-refractivity contribution in [2.75, 3.05) is 7.11 Å². The first-order valence-electron chi connectivity index (χ1n) is 5.61. The molecular formula is C12H12N2O5S. The van der Waals surface area contributed by atoms with Gasteiger partial charge in [-0.2, -0.15) is 0 Å². The molecular weight excluding hydrogens is 284 g/mol. The van der Waals surface area contributed by atoms with E-state index in [-0.39, 0.29) is 23.6 Å². The summed E-state index contributed by atoms with van der Waals surface area (Å²) in [7, 11) is 1.43. The number of ether oxygens (including phenoxy) is 2. The molecule has 1 N–H and O–H groups in total. The van der Waals surface area contributed by atoms with E-state index in [1.54, 1.807) is 5.51 Å². The van der Waals surface area contributed by atoms with Gasteiger partial charge in [0.25, 0.3) is 5.69 Å². The zero-order chi connectivity index (χ0) is 14.5. The number of aliphatic hydroxyl groups is 1. The number of hydrogen-bond acceptors (Lipinski definition) is 7. The van der Waals surface area contributed by atoms with E-state index < -0.39 is 11.5 Å². The molecule has 0 aliphatic rings. The molecule has 0 amide bonds. The van der Waals surface area contributed by atoms with Crippen molar-refractivity contribution in [3.63, 3.8) is 0 Å². The Labute approximate surface area is 118 Å². The molecule has 0 radical (unpaired) electrons. The van der Waals surface area contributed by atoms with E-state index in [9.17, 15) is 10.1 Å². The van der Waals surface area contributed by atoms with Gasteiger partial charge in [0.05, 0.1) is 41.5 Å². The van der Waals surface area contributed by atoms with Crippen molar-refractivity contribution in [3.8, 4) is 11.5 Å². The Balaban J connectivity index is 2.30. The zero-order valence-corrected chi connectivity index (χ0v) is 11.4. The van der Waals surface area contributed by atoms with Crippen molar-refractivity contribution in [3.05, 3.63) is 44.4 Å². The molecule has 0 saturated carbocycles. The summed E-state index contributed by atoms with van der Waals surface area (Å²) in [5.41, 5.74) is 2.37. The monoisotopic (exact) mass is 296 g/mol. The highest BCUT2D eigenvalue weighted by molar-refractivity contribution is 7.07. The maximum absolute atomic E-state index is 11.0. The van der Waals surface area contributed by atoms with Crippen LogP contribution in [0.15, 0.2) is 23.0 Å². The molecule has 1 aromatic heterocycles. The topological polar surface area (TPSA) is 94.7 Å². The summed E-state index contributed by atoms with van der Waals surface area (Å²) in [6, 6.07) is 2.64. The predicted octanol–water partition coefficient (Wildman–Crippen LogP) is 2.13. The van der Waals surface area contributed by atoms with Gasteiger partial charge in [-0.1, -0.05) is 0 Å². The lowest BCUT2D eigenvalue weighted by Gasteiger charge is -2.11. The Kier molecular flexibility index (Phi) is 4.49. The highest BCUT2D eigenvalue weighted by Crippen LogP contribution is 2.35. The van der Waals surface area contributed by atoms with Crippen LogP contribution in [-0.4, -0.2) is 22.1 Å². The summed E-state index contributed by atoms with van der Waals surface area (Å²) < 4.78 is 10.6. The van der Waals surface area contributed by atoms with Crippen molar-refractivity contribution in [2.45, 2.75) is 13.2 Å². The van der Waals surface area contributed by atoms with Crippen molar-refractivity contribution < 1.29 is 19.5 Å². The lowest BCUT2D eigenvalue weighted by Crippen LogP contribution is -2.02. The summed E-state index contributed by atoms with van der Waals surface area (Å²) in [6.07, 6.45) is 0. The van der Waals surface area contributed by atoms with Crippen LogP contribution in [0.2, 0.25) is 0 Å². The van der Waals surface area contributed by atoms with Gasteiger partial charge in [0, 0.05) is 5.38 Å². The summed E-state index contributed by atoms with van der Waals surface area (Å²) in [5.74, 6) is 0.569. The Bertz CT molecular complexity index is 600. The van der Waals surface area contributed by atoms with Gasteiger partial charge in [-0.15, -0.1) is 11.3 Å². The van der Waals surface area contributed by atoms with Crippen molar-refractivity contribution in [1.29, 1.82) is 0 Å². The normalized spacial score (nSPS) is 10.3. The zero-order valence-electron chi connectivity index (χ0n) is 10.6. The van der Waals surface area contributed by atoms with E-state index in [1.807, 2.05) is 5.38 Å². The molecule has 8 heteroatoms. The number of nitrogens with zero attached hydrogens (tertiary/aromatic N) is 2. The van der Waals surface area contributed by atoms with Crippen molar-refractivity contribution in [2.24, 2.45) is 0 Å². The van der Waals surface area contributed by atoms with Gasteiger partial charge < -0.3 is 14.6 Å². The van der Waals surface area contributed by atoms with Crippen LogP contribution < -0.4 is 9.47 Å². The predicted molar refractivity (Wildman–Crippen MR) is 72.0 cm³/mol. The molecule has 0 aliphatic heterocycles. The van der Waals surface area contributed by atoms with Crippen LogP contribution >= 0.6 is 11.3 Å². The molecule has 0 bridgehead atoms. The van der Waals surface area contributed by atoms with E-state index >= 15 is 0 Å². The van der Waals surface area contributed by atoms with E-state index in [0.29, 0.717) is 5.75 Å². The van der Waals surface area contributed by atoms with Crippen LogP contribution in [0.25, 0.3) is 0 Å². The number of benzene rings is 1. The first-order chi connectivity index (χ1) is 9.65. The molecule has 0 unspecified atom stereocenters. The Morgan fingerprint density at radius 3 is 2.80 bits per heavy atom. The van der Waals surface area contributed by atoms with Gasteiger partial charge in [-0.05, 0) is 6.07 Å². The minimum absolute atomic E-state index is 0.174. The second kappa shape index (κ2) is 6.31. The van der Waals surface area contributed by atoms with Crippen LogP contribution in [0, 0.1) is 10.1 Å². The Hall–Kier alpha value is -2.19. The van der Waals surface area contributed by atoms with Crippen molar-refractivity contribution >= 4 is 17.0 Å². The van der Waals surface area contributed by atoms with Gasteiger partial charge in [-0.25, -0.2) is 4.98 Å². The summed E-state index contributed by atoms with van der Waals surface area (Å²) in [4.78, 5) is 14.4. The second-order valence-electron chi connectivity index (χ2n) is 3.82. The third-order valence-corrected chi connectivity index (χ3v) is 3.23. The maximum Gasteiger partial charge on any atom is 0.278 e. The molecule has 20 heavy (non-hydrogen) atoms. The molecule has 0 spiro atoms. The highest BCUT2D eigenvalue weighted by Gasteiger charge is 2.19. The second-order valence-corrected chi connectivity index (χ2v) is 4.53. The Morgan fingerprint density at radius 1 is 1.45 bits per heavy atom. The molecule has 0 atom stereocenters. The van der Waals surface area contributed by atoms with E-state index in [2.05, 4.69) is 4.98 Å². The quantitative estimate of drug-likeness (QED) is 0.648. The van der Waals surface area contributed by atoms with E-state index in [1.165, 1.54) is 30.6 Å². The maximum atomic E-state index is 11.0. The molecule has 7 nitrogen and oxygen atoms in total. The first-order valence-corrected chi connectivity index (χ1v) is 6.56. The number of nitro groups is 1. The Morgan fingerprint density at radius 2 is 2.25 bits per heavy atom. The molecule has 2 rings (SSSR count). The summed E-state index contributed by atoms with van der Waals surface area (Å²) in [6.45, 7) is -0.255. The van der Waals surface area contributed by atoms with Crippen molar-refractivity contribution in [1.82, 2.24) is 4.98 Å². The van der Waals surface area contributed by atoms with Crippen LogP contribution in [-0.2, 0) is 13.2 Å². The standard InChI is InChI=1S/C12H12N2O5S/c1-18-11-2-8(4-15)10(14(16)17)3-12(11)19-5-9-6-20-7-13-9/h2-3,6-7,15H,4-5H2,1H3. The minimum Gasteiger partial charge on any atom is -0.493 e.